The monoisotopic (exact) mass is 849 g/mol. The van der Waals surface area contributed by atoms with Gasteiger partial charge in [0.05, 0.1) is 27.7 Å². The van der Waals surface area contributed by atoms with E-state index >= 15 is 0 Å². The zero-order valence-corrected chi connectivity index (χ0v) is 38.6. The number of esters is 2. The van der Waals surface area contributed by atoms with Crippen LogP contribution in [0.3, 0.4) is 0 Å². The number of nitrogens with zero attached hydrogens (tertiary/aromatic N) is 1. The number of hydrogen-bond donors (Lipinski definition) is 1. The molecular weight excluding hydrogens is 765 g/mol. The molecule has 0 aliphatic carbocycles. The first-order valence-electron chi connectivity index (χ1n) is 22.6. The highest BCUT2D eigenvalue weighted by Gasteiger charge is 2.27. The van der Waals surface area contributed by atoms with E-state index < -0.39 is 32.5 Å². The number of phosphoric ester groups is 1. The minimum Gasteiger partial charge on any atom is -0.462 e. The SMILES string of the molecule is CCCCC/C=C\C=C\C(=O)CCCCCCCC(=O)OC[C@H](COP(=O)(O)OCC[N+](C)(C)C)OC(=O)CCCCC/C=C\C/C=C\C/C=C\C/C=C\CCCCC. The highest BCUT2D eigenvalue weighted by Crippen LogP contribution is 2.43. The van der Waals surface area contributed by atoms with Crippen LogP contribution in [0.25, 0.3) is 0 Å². The molecule has 10 nitrogen and oxygen atoms in total. The quantitative estimate of drug-likeness (QED) is 0.0122. The Morgan fingerprint density at radius 2 is 1.07 bits per heavy atom. The summed E-state index contributed by atoms with van der Waals surface area (Å²) in [5.41, 5.74) is 0. The zero-order valence-electron chi connectivity index (χ0n) is 37.7. The molecule has 0 spiro atoms. The van der Waals surface area contributed by atoms with Crippen LogP contribution in [0.5, 0.6) is 0 Å². The summed E-state index contributed by atoms with van der Waals surface area (Å²) in [4.78, 5) is 47.4. The van der Waals surface area contributed by atoms with Gasteiger partial charge in [0.25, 0.3) is 0 Å². The fraction of sp³-hybridized carbons (Fsp3) is 0.688. The number of allylic oxidation sites excluding steroid dienone is 12. The molecule has 1 N–H and O–H groups in total. The smallest absolute Gasteiger partial charge is 0.462 e. The lowest BCUT2D eigenvalue weighted by molar-refractivity contribution is -0.870. The maximum absolute atomic E-state index is 12.7. The first kappa shape index (κ1) is 56.1. The number of carbonyl (C=O) groups is 3. The number of ether oxygens (including phenoxy) is 2. The van der Waals surface area contributed by atoms with E-state index in [0.717, 1.165) is 70.6 Å². The summed E-state index contributed by atoms with van der Waals surface area (Å²) in [5.74, 6) is -0.811. The Kier molecular flexibility index (Phi) is 37.4. The summed E-state index contributed by atoms with van der Waals surface area (Å²) in [6.45, 7) is 4.15. The molecule has 0 saturated heterocycles. The first-order valence-corrected chi connectivity index (χ1v) is 24.1. The topological polar surface area (TPSA) is 125 Å². The molecule has 0 heterocycles. The average molecular weight is 849 g/mol. The van der Waals surface area contributed by atoms with E-state index in [-0.39, 0.29) is 31.8 Å². The van der Waals surface area contributed by atoms with Crippen molar-refractivity contribution in [3.63, 3.8) is 0 Å². The number of likely N-dealkylation sites (N-methyl/N-ethyl adjacent to an activating group) is 1. The molecule has 0 saturated carbocycles. The highest BCUT2D eigenvalue weighted by atomic mass is 31.2. The fourth-order valence-electron chi connectivity index (χ4n) is 5.57. The molecule has 0 amide bonds. The Hall–Kier alpha value is -2.88. The minimum atomic E-state index is -4.42. The largest absolute Gasteiger partial charge is 0.472 e. The molecule has 338 valence electrons. The second-order valence-electron chi connectivity index (χ2n) is 16.1. The summed E-state index contributed by atoms with van der Waals surface area (Å²) in [6, 6.07) is 0. The molecule has 0 aromatic heterocycles. The molecule has 0 aromatic rings. The van der Waals surface area contributed by atoms with Gasteiger partial charge < -0.3 is 18.9 Å². The fourth-order valence-corrected chi connectivity index (χ4v) is 6.31. The Bertz CT molecular complexity index is 1300. The molecule has 2 atom stereocenters. The van der Waals surface area contributed by atoms with E-state index in [4.69, 9.17) is 18.5 Å². The van der Waals surface area contributed by atoms with Crippen molar-refractivity contribution in [1.29, 1.82) is 0 Å². The lowest BCUT2D eigenvalue weighted by Gasteiger charge is -2.24. The first-order chi connectivity index (χ1) is 28.4. The molecule has 1 unspecified atom stereocenters. The molecule has 0 aliphatic rings. The summed E-state index contributed by atoms with van der Waals surface area (Å²) in [6.07, 6.45) is 44.8. The predicted molar refractivity (Wildman–Crippen MR) is 243 cm³/mol. The van der Waals surface area contributed by atoms with Crippen molar-refractivity contribution in [2.24, 2.45) is 0 Å². The molecule has 59 heavy (non-hydrogen) atoms. The maximum Gasteiger partial charge on any atom is 0.472 e. The minimum absolute atomic E-state index is 0.00197. The zero-order chi connectivity index (χ0) is 43.7. The van der Waals surface area contributed by atoms with E-state index in [2.05, 4.69) is 68.5 Å². The van der Waals surface area contributed by atoms with Crippen molar-refractivity contribution in [3.8, 4) is 0 Å². The van der Waals surface area contributed by atoms with Gasteiger partial charge in [-0.1, -0.05) is 132 Å². The second-order valence-corrected chi connectivity index (χ2v) is 17.6. The standard InChI is InChI=1S/C48H82NO9P/c1-6-8-10-12-14-15-16-17-18-19-20-21-22-23-24-25-27-31-36-40-48(52)58-46(44-57-59(53,54)56-42-41-49(3,4)5)43-55-47(51)39-35-32-28-30-34-38-45(50)37-33-29-26-13-11-9-7-2/h14-15,17-18,20-21,23-24,26,29,33,37,46H,6-13,16,19,22,25,27-28,30-32,34-36,38-44H2,1-5H3/p+1/b15-14-,18-17-,21-20-,24-23-,29-26-,37-33+/t46-/m1/s1. The van der Waals surface area contributed by atoms with Gasteiger partial charge in [0.1, 0.15) is 19.8 Å². The normalized spacial score (nSPS) is 14.1. The van der Waals surface area contributed by atoms with E-state index in [1.165, 1.54) is 44.9 Å². The lowest BCUT2D eigenvalue weighted by Crippen LogP contribution is -2.37. The van der Waals surface area contributed by atoms with Crippen molar-refractivity contribution in [2.75, 3.05) is 47.5 Å². The van der Waals surface area contributed by atoms with Gasteiger partial charge in [0.2, 0.25) is 0 Å². The maximum atomic E-state index is 12.7. The van der Waals surface area contributed by atoms with Crippen molar-refractivity contribution in [2.45, 2.75) is 168 Å². The van der Waals surface area contributed by atoms with Crippen molar-refractivity contribution in [1.82, 2.24) is 0 Å². The molecule has 0 aromatic carbocycles. The summed E-state index contributed by atoms with van der Waals surface area (Å²) < 4.78 is 34.2. The Balaban J connectivity index is 4.51. The van der Waals surface area contributed by atoms with Crippen LogP contribution in [0.4, 0.5) is 0 Å². The van der Waals surface area contributed by atoms with Gasteiger partial charge in [-0.05, 0) is 83.1 Å². The van der Waals surface area contributed by atoms with Gasteiger partial charge in [-0.15, -0.1) is 0 Å². The van der Waals surface area contributed by atoms with Crippen LogP contribution in [-0.2, 0) is 37.5 Å². The van der Waals surface area contributed by atoms with Crippen molar-refractivity contribution >= 4 is 25.5 Å². The van der Waals surface area contributed by atoms with E-state index in [9.17, 15) is 23.8 Å². The van der Waals surface area contributed by atoms with Crippen LogP contribution < -0.4 is 0 Å². The van der Waals surface area contributed by atoms with Gasteiger partial charge in [-0.2, -0.15) is 0 Å². The third-order valence-corrected chi connectivity index (χ3v) is 10.2. The average Bonchev–Trinajstić information content (AvgIpc) is 3.18. The summed E-state index contributed by atoms with van der Waals surface area (Å²) >= 11 is 0. The van der Waals surface area contributed by atoms with Crippen LogP contribution in [0.15, 0.2) is 72.9 Å². The van der Waals surface area contributed by atoms with E-state index in [1.54, 1.807) is 6.08 Å². The lowest BCUT2D eigenvalue weighted by atomic mass is 10.1. The van der Waals surface area contributed by atoms with E-state index in [0.29, 0.717) is 30.3 Å². The number of quaternary nitrogens is 1. The molecule has 0 bridgehead atoms. The van der Waals surface area contributed by atoms with Crippen LogP contribution in [0, 0.1) is 0 Å². The number of phosphoric acid groups is 1. The highest BCUT2D eigenvalue weighted by molar-refractivity contribution is 7.47. The van der Waals surface area contributed by atoms with Gasteiger partial charge in [0, 0.05) is 19.3 Å². The molecule has 0 rings (SSSR count). The molecule has 0 radical (unpaired) electrons. The number of ketones is 1. The van der Waals surface area contributed by atoms with Crippen LogP contribution in [0.1, 0.15) is 162 Å². The Morgan fingerprint density at radius 3 is 1.64 bits per heavy atom. The molecule has 0 aliphatic heterocycles. The van der Waals surface area contributed by atoms with E-state index in [1.807, 2.05) is 33.3 Å². The third kappa shape index (κ3) is 43.0. The number of carbonyl (C=O) groups excluding carboxylic acids is 3. The molecular formula is C48H83NO9P+. The summed E-state index contributed by atoms with van der Waals surface area (Å²) in [7, 11) is 1.38. The molecule has 11 heteroatoms. The van der Waals surface area contributed by atoms with Gasteiger partial charge >= 0.3 is 19.8 Å². The Morgan fingerprint density at radius 1 is 0.576 bits per heavy atom. The van der Waals surface area contributed by atoms with Crippen molar-refractivity contribution < 1.29 is 46.8 Å². The van der Waals surface area contributed by atoms with Crippen LogP contribution in [-0.4, -0.2) is 80.7 Å². The van der Waals surface area contributed by atoms with Gasteiger partial charge in [0.15, 0.2) is 11.9 Å². The Labute approximate surface area is 359 Å². The second kappa shape index (κ2) is 39.3. The number of unbranched alkanes of at least 4 members (excludes halogenated alkanes) is 13. The summed E-state index contributed by atoms with van der Waals surface area (Å²) in [5, 5.41) is 0. The predicted octanol–water partition coefficient (Wildman–Crippen LogP) is 12.2. The van der Waals surface area contributed by atoms with Crippen LogP contribution in [0.2, 0.25) is 0 Å². The van der Waals surface area contributed by atoms with Crippen LogP contribution >= 0.6 is 7.82 Å². The van der Waals surface area contributed by atoms with Gasteiger partial charge in [-0.3, -0.25) is 23.4 Å². The third-order valence-electron chi connectivity index (χ3n) is 9.19. The number of rotatable bonds is 40. The number of hydrogen-bond acceptors (Lipinski definition) is 8. The molecule has 0 fully saturated rings. The van der Waals surface area contributed by atoms with Gasteiger partial charge in [-0.25, -0.2) is 4.57 Å². The van der Waals surface area contributed by atoms with Crippen molar-refractivity contribution in [3.05, 3.63) is 72.9 Å².